The van der Waals surface area contributed by atoms with Crippen LogP contribution in [0, 0.1) is 6.92 Å². The van der Waals surface area contributed by atoms with E-state index in [1.54, 1.807) is 6.20 Å². The molecule has 4 heteroatoms. The highest BCUT2D eigenvalue weighted by Gasteiger charge is 2.14. The van der Waals surface area contributed by atoms with E-state index in [-0.39, 0.29) is 0 Å². The summed E-state index contributed by atoms with van der Waals surface area (Å²) in [6.07, 6.45) is 0.909. The fraction of sp³-hybridized carbons (Fsp3) is 0.136. The van der Waals surface area contributed by atoms with Crippen molar-refractivity contribution in [1.82, 2.24) is 9.97 Å². The first-order valence-electron chi connectivity index (χ1n) is 8.59. The molecule has 0 spiro atoms. The van der Waals surface area contributed by atoms with E-state index in [0.717, 1.165) is 22.6 Å². The molecule has 0 aliphatic rings. The highest BCUT2D eigenvalue weighted by Crippen LogP contribution is 2.24. The molecule has 1 aromatic heterocycles. The number of aliphatic hydroxyl groups excluding tert-OH is 1. The Labute approximate surface area is 152 Å². The van der Waals surface area contributed by atoms with Crippen LogP contribution >= 0.6 is 0 Å². The number of imidazole rings is 1. The van der Waals surface area contributed by atoms with E-state index in [1.165, 1.54) is 10.8 Å². The van der Waals surface area contributed by atoms with Crippen molar-refractivity contribution in [3.63, 3.8) is 0 Å². The average Bonchev–Trinajstić information content (AvgIpc) is 3.12. The number of nitrogens with zero attached hydrogens (tertiary/aromatic N) is 1. The molecular weight excluding hydrogens is 324 g/mol. The van der Waals surface area contributed by atoms with Gasteiger partial charge in [0, 0.05) is 11.9 Å². The fourth-order valence-corrected chi connectivity index (χ4v) is 3.00. The Bertz CT molecular complexity index is 1040. The Morgan fingerprint density at radius 1 is 1.00 bits per heavy atom. The second-order valence-electron chi connectivity index (χ2n) is 6.40. The molecule has 0 saturated carbocycles. The van der Waals surface area contributed by atoms with Gasteiger partial charge in [0.05, 0.1) is 0 Å². The van der Waals surface area contributed by atoms with Crippen LogP contribution in [0.15, 0.2) is 72.9 Å². The van der Waals surface area contributed by atoms with E-state index in [4.69, 9.17) is 4.74 Å². The minimum absolute atomic E-state index is 0.476. The van der Waals surface area contributed by atoms with Crippen molar-refractivity contribution < 1.29 is 9.84 Å². The van der Waals surface area contributed by atoms with Crippen molar-refractivity contribution in [1.29, 1.82) is 0 Å². The maximum absolute atomic E-state index is 10.5. The van der Waals surface area contributed by atoms with E-state index < -0.39 is 6.10 Å². The fourth-order valence-electron chi connectivity index (χ4n) is 3.00. The average molecular weight is 344 g/mol. The first-order chi connectivity index (χ1) is 12.7. The van der Waals surface area contributed by atoms with Crippen molar-refractivity contribution in [2.24, 2.45) is 0 Å². The van der Waals surface area contributed by atoms with Gasteiger partial charge in [0.15, 0.2) is 0 Å². The van der Waals surface area contributed by atoms with Gasteiger partial charge in [0.1, 0.15) is 24.3 Å². The summed E-state index contributed by atoms with van der Waals surface area (Å²) in [5, 5.41) is 12.9. The van der Waals surface area contributed by atoms with Crippen molar-refractivity contribution in [3.05, 3.63) is 95.6 Å². The van der Waals surface area contributed by atoms with Gasteiger partial charge >= 0.3 is 0 Å². The van der Waals surface area contributed by atoms with Crippen LogP contribution in [0.5, 0.6) is 5.75 Å². The molecule has 1 unspecified atom stereocenters. The van der Waals surface area contributed by atoms with Crippen molar-refractivity contribution in [3.8, 4) is 5.75 Å². The Morgan fingerprint density at radius 3 is 2.65 bits per heavy atom. The summed E-state index contributed by atoms with van der Waals surface area (Å²) in [5.41, 5.74) is 2.77. The molecule has 130 valence electrons. The molecule has 3 aromatic carbocycles. The minimum Gasteiger partial charge on any atom is -0.489 e. The van der Waals surface area contributed by atoms with Crippen LogP contribution in [0.2, 0.25) is 0 Å². The Morgan fingerprint density at radius 2 is 1.85 bits per heavy atom. The zero-order valence-corrected chi connectivity index (χ0v) is 14.5. The molecule has 26 heavy (non-hydrogen) atoms. The maximum Gasteiger partial charge on any atom is 0.139 e. The van der Waals surface area contributed by atoms with Gasteiger partial charge in [0.25, 0.3) is 0 Å². The molecule has 4 aromatic rings. The van der Waals surface area contributed by atoms with Gasteiger partial charge < -0.3 is 14.8 Å². The van der Waals surface area contributed by atoms with Gasteiger partial charge in [-0.2, -0.15) is 0 Å². The van der Waals surface area contributed by atoms with Crippen LogP contribution in [0.25, 0.3) is 10.8 Å². The summed E-state index contributed by atoms with van der Waals surface area (Å²) >= 11 is 0. The van der Waals surface area contributed by atoms with Gasteiger partial charge in [-0.1, -0.05) is 48.5 Å². The number of rotatable bonds is 5. The summed E-state index contributed by atoms with van der Waals surface area (Å²) in [5.74, 6) is 1.26. The minimum atomic E-state index is -0.798. The molecule has 0 radical (unpaired) electrons. The molecule has 0 bridgehead atoms. The number of ether oxygens (including phenoxy) is 1. The standard InChI is InChI=1S/C22H20N2O2/c1-15-13-23-22(24-15)21(25)19-7-4-8-20(12-19)26-14-16-9-10-17-5-2-3-6-18(17)11-16/h2-13,21,25H,14H2,1H3,(H,23,24). The summed E-state index contributed by atoms with van der Waals surface area (Å²) < 4.78 is 5.93. The highest BCUT2D eigenvalue weighted by molar-refractivity contribution is 5.82. The van der Waals surface area contributed by atoms with Crippen molar-refractivity contribution in [2.75, 3.05) is 0 Å². The summed E-state index contributed by atoms with van der Waals surface area (Å²) in [6, 6.07) is 22.1. The molecule has 0 aliphatic carbocycles. The molecule has 1 atom stereocenters. The Balaban J connectivity index is 1.49. The van der Waals surface area contributed by atoms with E-state index >= 15 is 0 Å². The van der Waals surface area contributed by atoms with Crippen molar-refractivity contribution >= 4 is 10.8 Å². The monoisotopic (exact) mass is 344 g/mol. The normalized spacial score (nSPS) is 12.2. The number of aromatic nitrogens is 2. The van der Waals surface area contributed by atoms with Crippen LogP contribution in [0.4, 0.5) is 0 Å². The quantitative estimate of drug-likeness (QED) is 0.559. The molecule has 0 fully saturated rings. The van der Waals surface area contributed by atoms with E-state index in [0.29, 0.717) is 12.4 Å². The first-order valence-corrected chi connectivity index (χ1v) is 8.59. The van der Waals surface area contributed by atoms with Crippen LogP contribution in [-0.2, 0) is 6.61 Å². The zero-order chi connectivity index (χ0) is 17.9. The third-order valence-corrected chi connectivity index (χ3v) is 4.37. The lowest BCUT2D eigenvalue weighted by atomic mass is 10.1. The molecule has 2 N–H and O–H groups in total. The predicted octanol–water partition coefficient (Wildman–Crippen LogP) is 4.53. The van der Waals surface area contributed by atoms with Crippen LogP contribution in [-0.4, -0.2) is 15.1 Å². The van der Waals surface area contributed by atoms with Gasteiger partial charge in [-0.05, 0) is 47.0 Å². The number of hydrogen-bond acceptors (Lipinski definition) is 3. The van der Waals surface area contributed by atoms with Crippen LogP contribution in [0.3, 0.4) is 0 Å². The molecule has 4 nitrogen and oxygen atoms in total. The Hall–Kier alpha value is -3.11. The lowest BCUT2D eigenvalue weighted by Gasteiger charge is -2.12. The number of fused-ring (bicyclic) bond motifs is 1. The van der Waals surface area contributed by atoms with Gasteiger partial charge in [0.2, 0.25) is 0 Å². The molecular formula is C22H20N2O2. The highest BCUT2D eigenvalue weighted by atomic mass is 16.5. The van der Waals surface area contributed by atoms with E-state index in [1.807, 2.05) is 43.3 Å². The smallest absolute Gasteiger partial charge is 0.139 e. The third-order valence-electron chi connectivity index (χ3n) is 4.37. The molecule has 4 rings (SSSR count). The number of nitrogens with one attached hydrogen (secondary N) is 1. The summed E-state index contributed by atoms with van der Waals surface area (Å²) in [7, 11) is 0. The summed E-state index contributed by atoms with van der Waals surface area (Å²) in [4.78, 5) is 7.26. The molecule has 0 aliphatic heterocycles. The number of benzene rings is 3. The van der Waals surface area contributed by atoms with E-state index in [2.05, 4.69) is 40.3 Å². The lowest BCUT2D eigenvalue weighted by Crippen LogP contribution is -2.03. The lowest BCUT2D eigenvalue weighted by molar-refractivity contribution is 0.210. The largest absolute Gasteiger partial charge is 0.489 e. The number of hydrogen-bond donors (Lipinski definition) is 2. The molecule has 0 amide bonds. The number of aliphatic hydroxyl groups is 1. The molecule has 0 saturated heterocycles. The van der Waals surface area contributed by atoms with Crippen molar-refractivity contribution in [2.45, 2.75) is 19.6 Å². The summed E-state index contributed by atoms with van der Waals surface area (Å²) in [6.45, 7) is 2.39. The van der Waals surface area contributed by atoms with Gasteiger partial charge in [-0.15, -0.1) is 0 Å². The number of H-pyrrole nitrogens is 1. The Kier molecular flexibility index (Phi) is 4.42. The third kappa shape index (κ3) is 3.46. The second kappa shape index (κ2) is 7.02. The van der Waals surface area contributed by atoms with Crippen LogP contribution < -0.4 is 4.74 Å². The number of aromatic amines is 1. The van der Waals surface area contributed by atoms with E-state index in [9.17, 15) is 5.11 Å². The zero-order valence-electron chi connectivity index (χ0n) is 14.5. The molecule has 1 heterocycles. The maximum atomic E-state index is 10.5. The first kappa shape index (κ1) is 16.4. The topological polar surface area (TPSA) is 58.1 Å². The second-order valence-corrected chi connectivity index (χ2v) is 6.40. The predicted molar refractivity (Wildman–Crippen MR) is 102 cm³/mol. The van der Waals surface area contributed by atoms with Crippen LogP contribution in [0.1, 0.15) is 28.7 Å². The van der Waals surface area contributed by atoms with Gasteiger partial charge in [-0.3, -0.25) is 0 Å². The number of aryl methyl sites for hydroxylation is 1. The van der Waals surface area contributed by atoms with Gasteiger partial charge in [-0.25, -0.2) is 4.98 Å². The SMILES string of the molecule is Cc1cnc(C(O)c2cccc(OCc3ccc4ccccc4c3)c2)[nH]1.